The second kappa shape index (κ2) is 5.54. The lowest BCUT2D eigenvalue weighted by Crippen LogP contribution is -2.28. The highest BCUT2D eigenvalue weighted by atomic mass is 19.1. The number of aromatic nitrogens is 2. The second-order valence-corrected chi connectivity index (χ2v) is 4.92. The molecule has 0 saturated carbocycles. The van der Waals surface area contributed by atoms with E-state index < -0.39 is 0 Å². The van der Waals surface area contributed by atoms with Crippen LogP contribution in [0.1, 0.15) is 23.7 Å². The summed E-state index contributed by atoms with van der Waals surface area (Å²) < 4.78 is 18.7. The zero-order chi connectivity index (χ0) is 13.9. The molecule has 104 valence electrons. The predicted octanol–water partition coefficient (Wildman–Crippen LogP) is 2.81. The monoisotopic (exact) mass is 273 g/mol. The van der Waals surface area contributed by atoms with E-state index in [1.54, 1.807) is 13.0 Å². The zero-order valence-corrected chi connectivity index (χ0v) is 11.3. The van der Waals surface area contributed by atoms with Gasteiger partial charge in [-0.25, -0.2) is 4.39 Å². The van der Waals surface area contributed by atoms with Crippen LogP contribution in [0.15, 0.2) is 34.9 Å². The second-order valence-electron chi connectivity index (χ2n) is 4.92. The number of hydrogen-bond donors (Lipinski definition) is 0. The minimum absolute atomic E-state index is 0.152. The van der Waals surface area contributed by atoms with E-state index in [2.05, 4.69) is 21.1 Å². The third-order valence-corrected chi connectivity index (χ3v) is 3.45. The molecule has 20 heavy (non-hydrogen) atoms. The third-order valence-electron chi connectivity index (χ3n) is 3.45. The summed E-state index contributed by atoms with van der Waals surface area (Å²) in [7, 11) is 0. The standard InChI is InChI=1S/C15H16FN3O/c1-11-17-15(18-20-11)10-19-8-6-12(7-9-19)13-4-2-3-5-14(13)16/h2-6H,7-10H2,1H3. The van der Waals surface area contributed by atoms with Gasteiger partial charge in [-0.2, -0.15) is 4.98 Å². The molecule has 2 heterocycles. The molecule has 0 N–H and O–H groups in total. The molecule has 0 spiro atoms. The Labute approximate surface area is 116 Å². The van der Waals surface area contributed by atoms with Crippen molar-refractivity contribution in [1.82, 2.24) is 15.0 Å². The van der Waals surface area contributed by atoms with Crippen molar-refractivity contribution in [3.8, 4) is 0 Å². The minimum atomic E-state index is -0.152. The normalized spacial score (nSPS) is 16.2. The largest absolute Gasteiger partial charge is 0.340 e. The van der Waals surface area contributed by atoms with Crippen molar-refractivity contribution >= 4 is 5.57 Å². The van der Waals surface area contributed by atoms with Crippen LogP contribution in [0.4, 0.5) is 4.39 Å². The summed E-state index contributed by atoms with van der Waals surface area (Å²) in [6.07, 6.45) is 2.91. The van der Waals surface area contributed by atoms with Crippen LogP contribution in [-0.4, -0.2) is 28.1 Å². The van der Waals surface area contributed by atoms with Gasteiger partial charge >= 0.3 is 0 Å². The average Bonchev–Trinajstić information content (AvgIpc) is 2.86. The fourth-order valence-corrected chi connectivity index (χ4v) is 2.43. The van der Waals surface area contributed by atoms with Crippen molar-refractivity contribution < 1.29 is 8.91 Å². The maximum atomic E-state index is 13.7. The molecule has 0 unspecified atom stereocenters. The Kier molecular flexibility index (Phi) is 3.60. The first kappa shape index (κ1) is 13.0. The Bertz CT molecular complexity index is 636. The van der Waals surface area contributed by atoms with Gasteiger partial charge in [0.05, 0.1) is 6.54 Å². The van der Waals surface area contributed by atoms with E-state index in [9.17, 15) is 4.39 Å². The first-order valence-corrected chi connectivity index (χ1v) is 6.68. The first-order valence-electron chi connectivity index (χ1n) is 6.68. The van der Waals surface area contributed by atoms with Gasteiger partial charge in [-0.15, -0.1) is 0 Å². The smallest absolute Gasteiger partial charge is 0.223 e. The van der Waals surface area contributed by atoms with E-state index in [1.807, 2.05) is 12.1 Å². The fourth-order valence-electron chi connectivity index (χ4n) is 2.43. The van der Waals surface area contributed by atoms with Crippen molar-refractivity contribution in [2.24, 2.45) is 0 Å². The summed E-state index contributed by atoms with van der Waals surface area (Å²) in [5.41, 5.74) is 1.78. The Morgan fingerprint density at radius 1 is 1.35 bits per heavy atom. The van der Waals surface area contributed by atoms with Crippen molar-refractivity contribution in [3.05, 3.63) is 53.4 Å². The molecule has 3 rings (SSSR count). The van der Waals surface area contributed by atoms with Gasteiger partial charge in [-0.3, -0.25) is 4.90 Å². The molecule has 0 saturated heterocycles. The highest BCUT2D eigenvalue weighted by molar-refractivity contribution is 5.66. The van der Waals surface area contributed by atoms with Gasteiger partial charge < -0.3 is 4.52 Å². The quantitative estimate of drug-likeness (QED) is 0.862. The lowest BCUT2D eigenvalue weighted by molar-refractivity contribution is 0.279. The summed E-state index contributed by atoms with van der Waals surface area (Å²) in [5, 5.41) is 3.89. The molecule has 1 aromatic carbocycles. The predicted molar refractivity (Wildman–Crippen MR) is 73.3 cm³/mol. The summed E-state index contributed by atoms with van der Waals surface area (Å²) >= 11 is 0. The molecular weight excluding hydrogens is 257 g/mol. The number of halogens is 1. The van der Waals surface area contributed by atoms with Gasteiger partial charge in [0.25, 0.3) is 0 Å². The van der Waals surface area contributed by atoms with Gasteiger partial charge in [-0.05, 0) is 18.1 Å². The maximum absolute atomic E-state index is 13.7. The van der Waals surface area contributed by atoms with Crippen LogP contribution >= 0.6 is 0 Å². The number of hydrogen-bond acceptors (Lipinski definition) is 4. The highest BCUT2D eigenvalue weighted by Crippen LogP contribution is 2.24. The molecule has 0 aliphatic carbocycles. The molecule has 0 radical (unpaired) electrons. The van der Waals surface area contributed by atoms with Crippen LogP contribution < -0.4 is 0 Å². The molecule has 0 fully saturated rings. The zero-order valence-electron chi connectivity index (χ0n) is 11.3. The van der Waals surface area contributed by atoms with Crippen LogP contribution in [-0.2, 0) is 6.54 Å². The fraction of sp³-hybridized carbons (Fsp3) is 0.333. The summed E-state index contributed by atoms with van der Waals surface area (Å²) in [5.74, 6) is 1.13. The number of benzene rings is 1. The van der Waals surface area contributed by atoms with E-state index in [1.165, 1.54) is 6.07 Å². The van der Waals surface area contributed by atoms with Gasteiger partial charge in [-0.1, -0.05) is 29.4 Å². The van der Waals surface area contributed by atoms with Crippen LogP contribution in [0, 0.1) is 12.7 Å². The van der Waals surface area contributed by atoms with Gasteiger partial charge in [0.15, 0.2) is 5.82 Å². The van der Waals surface area contributed by atoms with E-state index in [0.717, 1.165) is 25.1 Å². The Hall–Kier alpha value is -2.01. The molecular formula is C15H16FN3O. The minimum Gasteiger partial charge on any atom is -0.340 e. The Morgan fingerprint density at radius 3 is 2.85 bits per heavy atom. The van der Waals surface area contributed by atoms with Gasteiger partial charge in [0, 0.05) is 25.6 Å². The van der Waals surface area contributed by atoms with Crippen LogP contribution in [0.25, 0.3) is 5.57 Å². The molecule has 0 bridgehead atoms. The summed E-state index contributed by atoms with van der Waals surface area (Å²) in [6, 6.07) is 6.92. The molecule has 4 nitrogen and oxygen atoms in total. The van der Waals surface area contributed by atoms with Crippen molar-refractivity contribution in [1.29, 1.82) is 0 Å². The molecule has 2 aromatic rings. The van der Waals surface area contributed by atoms with Crippen LogP contribution in [0.3, 0.4) is 0 Å². The van der Waals surface area contributed by atoms with Crippen molar-refractivity contribution in [2.75, 3.05) is 13.1 Å². The van der Waals surface area contributed by atoms with Crippen LogP contribution in [0.2, 0.25) is 0 Å². The average molecular weight is 273 g/mol. The maximum Gasteiger partial charge on any atom is 0.223 e. The molecule has 1 aliphatic heterocycles. The number of aryl methyl sites for hydroxylation is 1. The SMILES string of the molecule is Cc1nc(CN2CC=C(c3ccccc3F)CC2)no1. The Morgan fingerprint density at radius 2 is 2.20 bits per heavy atom. The van der Waals surface area contributed by atoms with Gasteiger partial charge in [0.1, 0.15) is 5.82 Å². The summed E-state index contributed by atoms with van der Waals surface area (Å²) in [4.78, 5) is 6.41. The van der Waals surface area contributed by atoms with E-state index in [4.69, 9.17) is 4.52 Å². The van der Waals surface area contributed by atoms with Crippen molar-refractivity contribution in [2.45, 2.75) is 19.9 Å². The topological polar surface area (TPSA) is 42.2 Å². The number of nitrogens with zero attached hydrogens (tertiary/aromatic N) is 3. The Balaban J connectivity index is 1.67. The van der Waals surface area contributed by atoms with Crippen LogP contribution in [0.5, 0.6) is 0 Å². The molecule has 5 heteroatoms. The third kappa shape index (κ3) is 2.77. The molecule has 1 aliphatic rings. The van der Waals surface area contributed by atoms with E-state index in [0.29, 0.717) is 23.8 Å². The molecule has 0 atom stereocenters. The molecule has 0 amide bonds. The summed E-state index contributed by atoms with van der Waals surface area (Å²) in [6.45, 7) is 4.09. The highest BCUT2D eigenvalue weighted by Gasteiger charge is 2.16. The molecule has 1 aromatic heterocycles. The van der Waals surface area contributed by atoms with Crippen molar-refractivity contribution in [3.63, 3.8) is 0 Å². The van der Waals surface area contributed by atoms with Gasteiger partial charge in [0.2, 0.25) is 5.89 Å². The number of rotatable bonds is 3. The first-order chi connectivity index (χ1) is 9.72. The van der Waals surface area contributed by atoms with E-state index in [-0.39, 0.29) is 5.82 Å². The van der Waals surface area contributed by atoms with E-state index >= 15 is 0 Å². The lowest BCUT2D eigenvalue weighted by Gasteiger charge is -2.25. The lowest BCUT2D eigenvalue weighted by atomic mass is 9.99.